The maximum Gasteiger partial charge on any atom is 0.374 e. The number of aryl methyl sites for hydroxylation is 1. The Balaban J connectivity index is 2.32. The van der Waals surface area contributed by atoms with Gasteiger partial charge in [0.1, 0.15) is 11.4 Å². The molecule has 0 saturated carbocycles. The van der Waals surface area contributed by atoms with Crippen LogP contribution >= 0.6 is 0 Å². The minimum absolute atomic E-state index is 0.0246. The second-order valence-corrected chi connectivity index (χ2v) is 6.34. The smallest absolute Gasteiger partial charge is 0.374 e. The van der Waals surface area contributed by atoms with Crippen LogP contribution in [0.3, 0.4) is 0 Å². The molecule has 0 aliphatic rings. The molecule has 2 aromatic rings. The molecule has 0 bridgehead atoms. The van der Waals surface area contributed by atoms with Crippen LogP contribution in [0.5, 0.6) is 0 Å². The lowest BCUT2D eigenvalue weighted by atomic mass is 10.1. The Hall–Kier alpha value is -3.10. The lowest BCUT2D eigenvalue weighted by Crippen LogP contribution is -2.43. The third-order valence-electron chi connectivity index (χ3n) is 3.79. The van der Waals surface area contributed by atoms with E-state index in [9.17, 15) is 19.2 Å². The number of carbonyl (C=O) groups excluding carboxylic acids is 2. The van der Waals surface area contributed by atoms with Crippen molar-refractivity contribution >= 4 is 17.6 Å². The summed E-state index contributed by atoms with van der Waals surface area (Å²) in [6.07, 6.45) is 1.32. The quantitative estimate of drug-likeness (QED) is 0.592. The van der Waals surface area contributed by atoms with Crippen molar-refractivity contribution < 1.29 is 18.7 Å². The predicted molar refractivity (Wildman–Crippen MR) is 93.3 cm³/mol. The van der Waals surface area contributed by atoms with E-state index in [0.717, 1.165) is 9.13 Å². The van der Waals surface area contributed by atoms with Gasteiger partial charge in [0, 0.05) is 19.2 Å². The van der Waals surface area contributed by atoms with E-state index in [-0.39, 0.29) is 29.6 Å². The number of rotatable bonds is 6. The third kappa shape index (κ3) is 3.61. The van der Waals surface area contributed by atoms with E-state index in [1.54, 1.807) is 13.0 Å². The Morgan fingerprint density at radius 1 is 1.31 bits per heavy atom. The number of esters is 1. The minimum Gasteiger partial charge on any atom is -0.457 e. The molecule has 2 rings (SSSR count). The largest absolute Gasteiger partial charge is 0.457 e. The molecule has 9 nitrogen and oxygen atoms in total. The number of anilines is 1. The number of nitrogen functional groups attached to an aromatic ring is 1. The molecule has 0 aliphatic heterocycles. The van der Waals surface area contributed by atoms with Gasteiger partial charge in [0.15, 0.2) is 6.61 Å². The number of ketones is 1. The first kappa shape index (κ1) is 19.2. The van der Waals surface area contributed by atoms with Gasteiger partial charge in [0.05, 0.1) is 6.26 Å². The third-order valence-corrected chi connectivity index (χ3v) is 3.79. The van der Waals surface area contributed by atoms with Crippen LogP contribution in [0.25, 0.3) is 0 Å². The molecule has 140 valence electrons. The summed E-state index contributed by atoms with van der Waals surface area (Å²) in [7, 11) is 1.26. The number of hydrogen-bond acceptors (Lipinski definition) is 7. The molecule has 0 aliphatic carbocycles. The van der Waals surface area contributed by atoms with E-state index < -0.39 is 29.6 Å². The Bertz CT molecular complexity index is 964. The van der Waals surface area contributed by atoms with Crippen molar-refractivity contribution in [1.82, 2.24) is 9.13 Å². The summed E-state index contributed by atoms with van der Waals surface area (Å²) in [5, 5.41) is 0. The summed E-state index contributed by atoms with van der Waals surface area (Å²) in [6.45, 7) is 4.93. The van der Waals surface area contributed by atoms with Gasteiger partial charge in [-0.1, -0.05) is 13.8 Å². The van der Waals surface area contributed by atoms with Crippen LogP contribution in [-0.4, -0.2) is 27.5 Å². The second-order valence-electron chi connectivity index (χ2n) is 6.34. The van der Waals surface area contributed by atoms with Crippen molar-refractivity contribution in [1.29, 1.82) is 0 Å². The number of nitrogens with two attached hydrogens (primary N) is 1. The average Bonchev–Trinajstić information content (AvgIpc) is 3.00. The molecule has 0 atom stereocenters. The van der Waals surface area contributed by atoms with E-state index in [2.05, 4.69) is 0 Å². The predicted octanol–water partition coefficient (Wildman–Crippen LogP) is 0.726. The maximum atomic E-state index is 12.4. The van der Waals surface area contributed by atoms with Crippen molar-refractivity contribution in [3.8, 4) is 0 Å². The van der Waals surface area contributed by atoms with Gasteiger partial charge in [0.25, 0.3) is 5.56 Å². The highest BCUT2D eigenvalue weighted by molar-refractivity contribution is 6.02. The van der Waals surface area contributed by atoms with Crippen molar-refractivity contribution in [2.24, 2.45) is 13.0 Å². The van der Waals surface area contributed by atoms with E-state index in [1.807, 2.05) is 13.8 Å². The molecule has 0 fully saturated rings. The fraction of sp³-hybridized carbons (Fsp3) is 0.412. The van der Waals surface area contributed by atoms with Gasteiger partial charge in [-0.05, 0) is 18.9 Å². The molecule has 0 amide bonds. The lowest BCUT2D eigenvalue weighted by Gasteiger charge is -2.16. The molecule has 0 spiro atoms. The lowest BCUT2D eigenvalue weighted by molar-refractivity contribution is 0.0442. The Labute approximate surface area is 149 Å². The van der Waals surface area contributed by atoms with E-state index in [1.165, 1.54) is 13.3 Å². The van der Waals surface area contributed by atoms with Crippen LogP contribution in [0.15, 0.2) is 26.3 Å². The molecule has 0 unspecified atom stereocenters. The molecule has 0 saturated heterocycles. The normalized spacial score (nSPS) is 11.0. The average molecular weight is 363 g/mol. The molecular weight excluding hydrogens is 342 g/mol. The van der Waals surface area contributed by atoms with Crippen molar-refractivity contribution in [3.05, 3.63) is 50.1 Å². The molecular formula is C17H21N3O6. The first-order valence-corrected chi connectivity index (χ1v) is 7.98. The molecule has 2 aromatic heterocycles. The number of nitrogens with zero attached hydrogens (tertiary/aromatic N) is 2. The zero-order valence-corrected chi connectivity index (χ0v) is 15.1. The molecule has 0 radical (unpaired) electrons. The standard InChI is InChI=1S/C17H21N3O6/c1-9(2)7-20-14(18)12(15(22)19(4)17(20)24)11(21)8-26-16(23)13-10(3)5-6-25-13/h5-6,9H,7-8,18H2,1-4H3. The van der Waals surface area contributed by atoms with Crippen LogP contribution in [0.4, 0.5) is 5.82 Å². The Kier molecular flexibility index (Phi) is 5.49. The number of aromatic nitrogens is 2. The van der Waals surface area contributed by atoms with Crippen LogP contribution < -0.4 is 17.0 Å². The number of hydrogen-bond donors (Lipinski definition) is 1. The van der Waals surface area contributed by atoms with Crippen LogP contribution in [0.2, 0.25) is 0 Å². The van der Waals surface area contributed by atoms with Crippen molar-refractivity contribution in [3.63, 3.8) is 0 Å². The summed E-state index contributed by atoms with van der Waals surface area (Å²) >= 11 is 0. The maximum absolute atomic E-state index is 12.4. The highest BCUT2D eigenvalue weighted by Gasteiger charge is 2.24. The van der Waals surface area contributed by atoms with Gasteiger partial charge in [-0.2, -0.15) is 0 Å². The summed E-state index contributed by atoms with van der Waals surface area (Å²) in [5.74, 6) is -1.81. The fourth-order valence-corrected chi connectivity index (χ4v) is 2.44. The van der Waals surface area contributed by atoms with Crippen LogP contribution in [0, 0.1) is 12.8 Å². The monoisotopic (exact) mass is 363 g/mol. The summed E-state index contributed by atoms with van der Waals surface area (Å²) in [4.78, 5) is 48.9. The minimum atomic E-state index is -0.831. The first-order chi connectivity index (χ1) is 12.1. The van der Waals surface area contributed by atoms with Gasteiger partial charge in [-0.15, -0.1) is 0 Å². The van der Waals surface area contributed by atoms with Gasteiger partial charge < -0.3 is 14.9 Å². The van der Waals surface area contributed by atoms with Crippen molar-refractivity contribution in [2.45, 2.75) is 27.3 Å². The topological polar surface area (TPSA) is 127 Å². The molecule has 26 heavy (non-hydrogen) atoms. The van der Waals surface area contributed by atoms with Gasteiger partial charge >= 0.3 is 11.7 Å². The highest BCUT2D eigenvalue weighted by atomic mass is 16.5. The zero-order chi connectivity index (χ0) is 19.6. The number of ether oxygens (including phenoxy) is 1. The van der Waals surface area contributed by atoms with E-state index in [4.69, 9.17) is 14.9 Å². The fourth-order valence-electron chi connectivity index (χ4n) is 2.44. The SMILES string of the molecule is Cc1ccoc1C(=O)OCC(=O)c1c(N)n(CC(C)C)c(=O)n(C)c1=O. The van der Waals surface area contributed by atoms with Crippen molar-refractivity contribution in [2.75, 3.05) is 12.3 Å². The van der Waals surface area contributed by atoms with Gasteiger partial charge in [0.2, 0.25) is 11.5 Å². The number of carbonyl (C=O) groups is 2. The molecule has 0 aromatic carbocycles. The summed E-state index contributed by atoms with van der Waals surface area (Å²) < 4.78 is 11.9. The van der Waals surface area contributed by atoms with E-state index >= 15 is 0 Å². The molecule has 2 N–H and O–H groups in total. The summed E-state index contributed by atoms with van der Waals surface area (Å²) in [6, 6.07) is 1.58. The number of Topliss-reactive ketones (excluding diaryl/α,β-unsaturated/α-hetero) is 1. The molecule has 9 heteroatoms. The zero-order valence-electron chi connectivity index (χ0n) is 15.1. The van der Waals surface area contributed by atoms with E-state index in [0.29, 0.717) is 5.56 Å². The second kappa shape index (κ2) is 7.42. The first-order valence-electron chi connectivity index (χ1n) is 7.98. The Morgan fingerprint density at radius 2 is 1.96 bits per heavy atom. The summed E-state index contributed by atoms with van der Waals surface area (Å²) in [5.41, 5.74) is 4.64. The molecule has 2 heterocycles. The van der Waals surface area contributed by atoms with Gasteiger partial charge in [-0.3, -0.25) is 18.7 Å². The highest BCUT2D eigenvalue weighted by Crippen LogP contribution is 2.12. The van der Waals surface area contributed by atoms with Crippen LogP contribution in [0.1, 0.15) is 40.3 Å². The Morgan fingerprint density at radius 3 is 2.50 bits per heavy atom. The number of furan rings is 1. The van der Waals surface area contributed by atoms with Crippen LogP contribution in [-0.2, 0) is 18.3 Å². The van der Waals surface area contributed by atoms with Gasteiger partial charge in [-0.25, -0.2) is 9.59 Å².